The van der Waals surface area contributed by atoms with Crippen molar-refractivity contribution in [3.05, 3.63) is 89.7 Å². The number of nitrogens with zero attached hydrogens (tertiary/aromatic N) is 1. The van der Waals surface area contributed by atoms with Gasteiger partial charge in [-0.3, -0.25) is 9.59 Å². The van der Waals surface area contributed by atoms with Gasteiger partial charge >= 0.3 is 0 Å². The number of amides is 2. The number of para-hydroxylation sites is 1. The molecule has 180 valence electrons. The molecule has 2 fully saturated rings. The lowest BCUT2D eigenvalue weighted by atomic mass is 9.79. The molecule has 1 saturated carbocycles. The monoisotopic (exact) mass is 468 g/mol. The minimum atomic E-state index is -0.178. The molecule has 0 bridgehead atoms. The molecule has 3 aliphatic rings. The van der Waals surface area contributed by atoms with E-state index in [9.17, 15) is 9.59 Å². The van der Waals surface area contributed by atoms with Gasteiger partial charge in [0.15, 0.2) is 0 Å². The molecule has 5 atom stereocenters. The minimum absolute atomic E-state index is 0.0484. The Morgan fingerprint density at radius 2 is 1.71 bits per heavy atom. The van der Waals surface area contributed by atoms with Crippen LogP contribution in [-0.2, 0) is 4.79 Å². The van der Waals surface area contributed by atoms with Crippen LogP contribution in [0, 0.1) is 11.8 Å². The first-order chi connectivity index (χ1) is 17.2. The maximum Gasteiger partial charge on any atom is 0.251 e. The summed E-state index contributed by atoms with van der Waals surface area (Å²) in [6.45, 7) is 0.751. The zero-order chi connectivity index (χ0) is 23.8. The number of benzene rings is 2. The van der Waals surface area contributed by atoms with Gasteiger partial charge in [0, 0.05) is 42.1 Å². The van der Waals surface area contributed by atoms with Crippen LogP contribution >= 0.6 is 0 Å². The first-order valence-corrected chi connectivity index (χ1v) is 12.9. The number of rotatable bonds is 4. The normalized spacial score (nSPS) is 27.4. The first-order valence-electron chi connectivity index (χ1n) is 12.9. The summed E-state index contributed by atoms with van der Waals surface area (Å²) in [6, 6.07) is 19.9. The van der Waals surface area contributed by atoms with E-state index >= 15 is 0 Å². The van der Waals surface area contributed by atoms with Crippen molar-refractivity contribution in [1.29, 1.82) is 0 Å². The molecule has 2 aliphatic heterocycles. The minimum Gasteiger partial charge on any atom is -0.378 e. The van der Waals surface area contributed by atoms with Crippen molar-refractivity contribution < 1.29 is 9.59 Å². The first kappa shape index (κ1) is 22.0. The van der Waals surface area contributed by atoms with Gasteiger partial charge in [-0.2, -0.15) is 0 Å². The molecule has 3 aromatic rings. The maximum atomic E-state index is 14.1. The van der Waals surface area contributed by atoms with Crippen molar-refractivity contribution in [3.8, 4) is 0 Å². The van der Waals surface area contributed by atoms with Crippen molar-refractivity contribution in [1.82, 2.24) is 15.2 Å². The molecule has 1 aromatic heterocycles. The van der Waals surface area contributed by atoms with Crippen LogP contribution in [0.4, 0.5) is 5.69 Å². The Morgan fingerprint density at radius 3 is 2.54 bits per heavy atom. The topological polar surface area (TPSA) is 77.2 Å². The summed E-state index contributed by atoms with van der Waals surface area (Å²) in [7, 11) is 0. The van der Waals surface area contributed by atoms with E-state index in [-0.39, 0.29) is 35.9 Å². The second-order valence-electron chi connectivity index (χ2n) is 10.1. The molecule has 3 heterocycles. The fraction of sp³-hybridized carbons (Fsp3) is 0.379. The summed E-state index contributed by atoms with van der Waals surface area (Å²) >= 11 is 0. The highest BCUT2D eigenvalue weighted by molar-refractivity contribution is 5.94. The highest BCUT2D eigenvalue weighted by atomic mass is 16.2. The summed E-state index contributed by atoms with van der Waals surface area (Å²) in [5.74, 6) is 0.239. The van der Waals surface area contributed by atoms with Crippen LogP contribution in [0.1, 0.15) is 65.7 Å². The lowest BCUT2D eigenvalue weighted by Crippen LogP contribution is -2.50. The Labute approximate surface area is 206 Å². The van der Waals surface area contributed by atoms with Gasteiger partial charge in [-0.05, 0) is 54.7 Å². The molecule has 6 rings (SSSR count). The molecule has 0 radical (unpaired) electrons. The summed E-state index contributed by atoms with van der Waals surface area (Å²) in [5, 5.41) is 6.96. The number of aromatic amines is 1. The maximum absolute atomic E-state index is 14.1. The molecular formula is C29H32N4O2. The average Bonchev–Trinajstić information content (AvgIpc) is 3.60. The Kier molecular flexibility index (Phi) is 5.80. The Hall–Kier alpha value is -3.54. The van der Waals surface area contributed by atoms with Crippen LogP contribution in [0.2, 0.25) is 0 Å². The van der Waals surface area contributed by atoms with Gasteiger partial charge in [0.1, 0.15) is 0 Å². The van der Waals surface area contributed by atoms with E-state index in [0.29, 0.717) is 11.5 Å². The van der Waals surface area contributed by atoms with Crippen LogP contribution in [0.25, 0.3) is 0 Å². The highest BCUT2D eigenvalue weighted by Gasteiger charge is 2.48. The quantitative estimate of drug-likeness (QED) is 0.501. The van der Waals surface area contributed by atoms with Crippen molar-refractivity contribution >= 4 is 17.5 Å². The van der Waals surface area contributed by atoms with E-state index in [1.54, 1.807) is 0 Å². The SMILES string of the molecule is O=C(N[C@@H]1CCCC[C@@H]1C(=O)N1CC[C@H]2[C@@H](c3cc[nH]c3)Nc3ccccc3[C@H]21)c1ccccc1. The Balaban J connectivity index is 1.27. The number of H-pyrrole nitrogens is 1. The van der Waals surface area contributed by atoms with Gasteiger partial charge in [-0.15, -0.1) is 0 Å². The molecule has 35 heavy (non-hydrogen) atoms. The van der Waals surface area contributed by atoms with E-state index in [1.165, 1.54) is 11.1 Å². The number of hydrogen-bond acceptors (Lipinski definition) is 3. The molecule has 2 amide bonds. The predicted molar refractivity (Wildman–Crippen MR) is 136 cm³/mol. The van der Waals surface area contributed by atoms with Gasteiger partial charge in [-0.1, -0.05) is 49.2 Å². The van der Waals surface area contributed by atoms with Crippen LogP contribution in [0.15, 0.2) is 73.1 Å². The molecule has 6 nitrogen and oxygen atoms in total. The number of anilines is 1. The third-order valence-corrected chi connectivity index (χ3v) is 8.16. The number of aromatic nitrogens is 1. The smallest absolute Gasteiger partial charge is 0.251 e. The number of carbonyl (C=O) groups is 2. The third kappa shape index (κ3) is 4.01. The number of likely N-dealkylation sites (tertiary alicyclic amines) is 1. The molecule has 0 spiro atoms. The van der Waals surface area contributed by atoms with E-state index in [0.717, 1.165) is 44.3 Å². The van der Waals surface area contributed by atoms with Crippen molar-refractivity contribution in [2.45, 2.75) is 50.2 Å². The zero-order valence-electron chi connectivity index (χ0n) is 19.8. The Bertz CT molecular complexity index is 1190. The fourth-order valence-electron chi connectivity index (χ4n) is 6.49. The van der Waals surface area contributed by atoms with Crippen LogP contribution in [0.3, 0.4) is 0 Å². The fourth-order valence-corrected chi connectivity index (χ4v) is 6.49. The van der Waals surface area contributed by atoms with Gasteiger partial charge in [-0.25, -0.2) is 0 Å². The number of carbonyl (C=O) groups excluding carboxylic acids is 2. The number of nitrogens with one attached hydrogen (secondary N) is 3. The molecule has 1 saturated heterocycles. The molecule has 2 aromatic carbocycles. The van der Waals surface area contributed by atoms with Gasteiger partial charge < -0.3 is 20.5 Å². The van der Waals surface area contributed by atoms with Crippen molar-refractivity contribution in [2.24, 2.45) is 11.8 Å². The van der Waals surface area contributed by atoms with E-state index in [4.69, 9.17) is 0 Å². The predicted octanol–water partition coefficient (Wildman–Crippen LogP) is 5.06. The third-order valence-electron chi connectivity index (χ3n) is 8.16. The second-order valence-corrected chi connectivity index (χ2v) is 10.1. The lowest BCUT2D eigenvalue weighted by Gasteiger charge is -2.41. The molecule has 6 heteroatoms. The van der Waals surface area contributed by atoms with Crippen molar-refractivity contribution in [2.75, 3.05) is 11.9 Å². The molecule has 0 unspecified atom stereocenters. The standard InChI is InChI=1S/C29H32N4O2/c34-28(19-8-2-1-3-9-19)32-25-13-7-5-11-22(25)29(35)33-17-15-23-26(20-14-16-30-18-20)31-24-12-6-4-10-21(24)27(23)33/h1-4,6,8-10,12,14,16,18,22-23,25-27,30-31H,5,7,11,13,15,17H2,(H,32,34)/t22-,23-,25+,26+,27+/m0/s1. The number of fused-ring (bicyclic) bond motifs is 3. The summed E-state index contributed by atoms with van der Waals surface area (Å²) in [5.41, 5.74) is 4.19. The molecule has 1 aliphatic carbocycles. The molecular weight excluding hydrogens is 436 g/mol. The van der Waals surface area contributed by atoms with Crippen LogP contribution in [0.5, 0.6) is 0 Å². The van der Waals surface area contributed by atoms with Crippen molar-refractivity contribution in [3.63, 3.8) is 0 Å². The summed E-state index contributed by atoms with van der Waals surface area (Å²) < 4.78 is 0. The van der Waals surface area contributed by atoms with Crippen LogP contribution in [-0.4, -0.2) is 34.3 Å². The molecule has 3 N–H and O–H groups in total. The Morgan fingerprint density at radius 1 is 0.914 bits per heavy atom. The number of hydrogen-bond donors (Lipinski definition) is 3. The van der Waals surface area contributed by atoms with E-state index in [2.05, 4.69) is 57.0 Å². The van der Waals surface area contributed by atoms with Gasteiger partial charge in [0.05, 0.1) is 18.0 Å². The van der Waals surface area contributed by atoms with Gasteiger partial charge in [0.25, 0.3) is 5.91 Å². The van der Waals surface area contributed by atoms with E-state index < -0.39 is 0 Å². The zero-order valence-corrected chi connectivity index (χ0v) is 19.8. The van der Waals surface area contributed by atoms with Gasteiger partial charge in [0.2, 0.25) is 5.91 Å². The summed E-state index contributed by atoms with van der Waals surface area (Å²) in [6.07, 6.45) is 8.73. The van der Waals surface area contributed by atoms with Crippen LogP contribution < -0.4 is 10.6 Å². The van der Waals surface area contributed by atoms with E-state index in [1.807, 2.05) is 36.5 Å². The summed E-state index contributed by atoms with van der Waals surface area (Å²) in [4.78, 5) is 32.4. The largest absolute Gasteiger partial charge is 0.378 e. The second kappa shape index (κ2) is 9.25. The highest BCUT2D eigenvalue weighted by Crippen LogP contribution is 2.51. The lowest BCUT2D eigenvalue weighted by molar-refractivity contribution is -0.138. The average molecular weight is 469 g/mol.